The molecule has 0 amide bonds. The second-order valence-corrected chi connectivity index (χ2v) is 5.43. The molecule has 2 rings (SSSR count). The van der Waals surface area contributed by atoms with Gasteiger partial charge in [-0.25, -0.2) is 0 Å². The molecule has 94 valence electrons. The molecule has 0 bridgehead atoms. The lowest BCUT2D eigenvalue weighted by atomic mass is 9.98. The zero-order chi connectivity index (χ0) is 12.3. The van der Waals surface area contributed by atoms with Crippen LogP contribution in [0.3, 0.4) is 0 Å². The molecule has 17 heavy (non-hydrogen) atoms. The van der Waals surface area contributed by atoms with E-state index in [1.165, 1.54) is 18.4 Å². The SMILES string of the molecule is CC(C)[C@@H](CO)NC(c1ccccc1)C1CC1. The zero-order valence-corrected chi connectivity index (χ0v) is 10.8. The fourth-order valence-electron chi connectivity index (χ4n) is 2.28. The fraction of sp³-hybridized carbons (Fsp3) is 0.600. The summed E-state index contributed by atoms with van der Waals surface area (Å²) in [7, 11) is 0. The summed E-state index contributed by atoms with van der Waals surface area (Å²) in [5.41, 5.74) is 1.36. The van der Waals surface area contributed by atoms with Gasteiger partial charge in [-0.05, 0) is 30.2 Å². The first kappa shape index (κ1) is 12.6. The third kappa shape index (κ3) is 3.30. The first-order valence-corrected chi connectivity index (χ1v) is 6.64. The molecule has 1 aliphatic rings. The highest BCUT2D eigenvalue weighted by molar-refractivity contribution is 5.21. The van der Waals surface area contributed by atoms with E-state index in [2.05, 4.69) is 49.5 Å². The van der Waals surface area contributed by atoms with Crippen molar-refractivity contribution in [3.8, 4) is 0 Å². The summed E-state index contributed by atoms with van der Waals surface area (Å²) < 4.78 is 0. The minimum atomic E-state index is 0.195. The Balaban J connectivity index is 2.08. The van der Waals surface area contributed by atoms with E-state index in [1.54, 1.807) is 0 Å². The molecule has 1 aromatic carbocycles. The van der Waals surface area contributed by atoms with Crippen LogP contribution in [0.2, 0.25) is 0 Å². The van der Waals surface area contributed by atoms with Crippen LogP contribution in [0.1, 0.15) is 38.3 Å². The van der Waals surface area contributed by atoms with Crippen LogP contribution in [0.5, 0.6) is 0 Å². The Hall–Kier alpha value is -0.860. The molecule has 1 unspecified atom stereocenters. The van der Waals surface area contributed by atoms with Gasteiger partial charge in [0.05, 0.1) is 6.61 Å². The third-order valence-corrected chi connectivity index (χ3v) is 3.65. The van der Waals surface area contributed by atoms with Crippen LogP contribution in [0, 0.1) is 11.8 Å². The standard InChI is InChI=1S/C15H23NO/c1-11(2)14(10-17)16-15(13-8-9-13)12-6-4-3-5-7-12/h3-7,11,13-17H,8-10H2,1-2H3/t14-,15?/m1/s1. The van der Waals surface area contributed by atoms with Crippen molar-refractivity contribution in [3.63, 3.8) is 0 Å². The molecule has 0 aliphatic heterocycles. The van der Waals surface area contributed by atoms with Gasteiger partial charge in [-0.3, -0.25) is 0 Å². The first-order chi connectivity index (χ1) is 8.22. The van der Waals surface area contributed by atoms with E-state index in [0.717, 1.165) is 5.92 Å². The van der Waals surface area contributed by atoms with E-state index in [9.17, 15) is 5.11 Å². The van der Waals surface area contributed by atoms with Gasteiger partial charge in [0.1, 0.15) is 0 Å². The van der Waals surface area contributed by atoms with Gasteiger partial charge in [0.2, 0.25) is 0 Å². The summed E-state index contributed by atoms with van der Waals surface area (Å²) in [6, 6.07) is 11.2. The van der Waals surface area contributed by atoms with Crippen LogP contribution in [0.15, 0.2) is 30.3 Å². The summed E-state index contributed by atoms with van der Waals surface area (Å²) in [6.07, 6.45) is 2.62. The van der Waals surface area contributed by atoms with E-state index in [4.69, 9.17) is 0 Å². The highest BCUT2D eigenvalue weighted by Gasteiger charge is 2.33. The van der Waals surface area contributed by atoms with E-state index in [1.807, 2.05) is 0 Å². The van der Waals surface area contributed by atoms with Crippen molar-refractivity contribution in [2.75, 3.05) is 6.61 Å². The van der Waals surface area contributed by atoms with Gasteiger partial charge in [-0.15, -0.1) is 0 Å². The lowest BCUT2D eigenvalue weighted by Crippen LogP contribution is -2.40. The molecule has 2 N–H and O–H groups in total. The highest BCUT2D eigenvalue weighted by atomic mass is 16.3. The summed E-state index contributed by atoms with van der Waals surface area (Å²) in [5.74, 6) is 1.22. The van der Waals surface area contributed by atoms with Gasteiger partial charge in [0, 0.05) is 12.1 Å². The lowest BCUT2D eigenvalue weighted by molar-refractivity contribution is 0.194. The Morgan fingerprint density at radius 2 is 1.88 bits per heavy atom. The van der Waals surface area contributed by atoms with E-state index < -0.39 is 0 Å². The van der Waals surface area contributed by atoms with Crippen molar-refractivity contribution in [3.05, 3.63) is 35.9 Å². The molecule has 0 saturated heterocycles. The van der Waals surface area contributed by atoms with Crippen molar-refractivity contribution in [2.24, 2.45) is 11.8 Å². The molecular weight excluding hydrogens is 210 g/mol. The number of aliphatic hydroxyl groups excluding tert-OH is 1. The average molecular weight is 233 g/mol. The van der Waals surface area contributed by atoms with Crippen molar-refractivity contribution < 1.29 is 5.11 Å². The smallest absolute Gasteiger partial charge is 0.0587 e. The summed E-state index contributed by atoms with van der Waals surface area (Å²) in [4.78, 5) is 0. The molecule has 1 aromatic rings. The molecule has 1 aliphatic carbocycles. The normalized spacial score (nSPS) is 19.3. The van der Waals surface area contributed by atoms with Gasteiger partial charge in [0.15, 0.2) is 0 Å². The van der Waals surface area contributed by atoms with Gasteiger partial charge in [0.25, 0.3) is 0 Å². The highest BCUT2D eigenvalue weighted by Crippen LogP contribution is 2.41. The summed E-state index contributed by atoms with van der Waals surface area (Å²) >= 11 is 0. The number of aliphatic hydroxyl groups is 1. The van der Waals surface area contributed by atoms with Crippen molar-refractivity contribution in [1.82, 2.24) is 5.32 Å². The maximum Gasteiger partial charge on any atom is 0.0587 e. The second-order valence-electron chi connectivity index (χ2n) is 5.43. The molecule has 0 aromatic heterocycles. The topological polar surface area (TPSA) is 32.3 Å². The predicted molar refractivity (Wildman–Crippen MR) is 70.8 cm³/mol. The number of nitrogens with one attached hydrogen (secondary N) is 1. The monoisotopic (exact) mass is 233 g/mol. The van der Waals surface area contributed by atoms with Crippen LogP contribution < -0.4 is 5.32 Å². The molecule has 0 radical (unpaired) electrons. The zero-order valence-electron chi connectivity index (χ0n) is 10.8. The maximum absolute atomic E-state index is 9.43. The molecule has 2 nitrogen and oxygen atoms in total. The Bertz CT molecular complexity index is 332. The molecule has 2 heteroatoms. The van der Waals surface area contributed by atoms with Crippen LogP contribution in [-0.2, 0) is 0 Å². The van der Waals surface area contributed by atoms with Crippen LogP contribution in [-0.4, -0.2) is 17.8 Å². The molecule has 1 fully saturated rings. The fourth-order valence-corrected chi connectivity index (χ4v) is 2.28. The first-order valence-electron chi connectivity index (χ1n) is 6.64. The van der Waals surface area contributed by atoms with Gasteiger partial charge < -0.3 is 10.4 Å². The number of benzene rings is 1. The van der Waals surface area contributed by atoms with Crippen LogP contribution in [0.25, 0.3) is 0 Å². The van der Waals surface area contributed by atoms with Crippen LogP contribution >= 0.6 is 0 Å². The maximum atomic E-state index is 9.43. The third-order valence-electron chi connectivity index (χ3n) is 3.65. The van der Waals surface area contributed by atoms with Crippen LogP contribution in [0.4, 0.5) is 0 Å². The van der Waals surface area contributed by atoms with Gasteiger partial charge in [-0.1, -0.05) is 44.2 Å². The molecule has 1 saturated carbocycles. The summed E-state index contributed by atoms with van der Waals surface area (Å²) in [6.45, 7) is 4.53. The van der Waals surface area contributed by atoms with Crippen molar-refractivity contribution in [1.29, 1.82) is 0 Å². The van der Waals surface area contributed by atoms with Crippen molar-refractivity contribution >= 4 is 0 Å². The predicted octanol–water partition coefficient (Wildman–Crippen LogP) is 2.74. The Morgan fingerprint density at radius 1 is 1.24 bits per heavy atom. The van der Waals surface area contributed by atoms with Gasteiger partial charge >= 0.3 is 0 Å². The minimum absolute atomic E-state index is 0.195. The molecule has 2 atom stereocenters. The molecule has 0 spiro atoms. The second kappa shape index (κ2) is 5.65. The lowest BCUT2D eigenvalue weighted by Gasteiger charge is -2.27. The number of hydrogen-bond acceptors (Lipinski definition) is 2. The van der Waals surface area contributed by atoms with E-state index in [0.29, 0.717) is 12.0 Å². The average Bonchev–Trinajstić information content (AvgIpc) is 3.15. The summed E-state index contributed by atoms with van der Waals surface area (Å²) in [5, 5.41) is 13.1. The van der Waals surface area contributed by atoms with Gasteiger partial charge in [-0.2, -0.15) is 0 Å². The van der Waals surface area contributed by atoms with Crippen molar-refractivity contribution in [2.45, 2.75) is 38.8 Å². The minimum Gasteiger partial charge on any atom is -0.395 e. The van der Waals surface area contributed by atoms with E-state index in [-0.39, 0.29) is 12.6 Å². The Labute approximate surface area is 104 Å². The largest absolute Gasteiger partial charge is 0.395 e. The quantitative estimate of drug-likeness (QED) is 0.792. The Morgan fingerprint density at radius 3 is 2.35 bits per heavy atom. The molecule has 0 heterocycles. The molecular formula is C15H23NO. The Kier molecular flexibility index (Phi) is 4.19. The number of rotatable bonds is 6. The van der Waals surface area contributed by atoms with E-state index >= 15 is 0 Å². The number of hydrogen-bond donors (Lipinski definition) is 2.